The summed E-state index contributed by atoms with van der Waals surface area (Å²) in [6, 6.07) is 1.02. The summed E-state index contributed by atoms with van der Waals surface area (Å²) in [5.41, 5.74) is 0. The van der Waals surface area contributed by atoms with E-state index in [1.54, 1.807) is 6.92 Å². The van der Waals surface area contributed by atoms with Crippen LogP contribution in [-0.2, 0) is 0 Å². The van der Waals surface area contributed by atoms with Crippen LogP contribution in [0, 0.1) is 0 Å². The molecule has 1 aromatic rings. The lowest BCUT2D eigenvalue weighted by Crippen LogP contribution is -2.00. The Labute approximate surface area is 75.3 Å². The maximum atomic E-state index is 5.74. The Morgan fingerprint density at radius 1 is 1.58 bits per heavy atom. The molecule has 0 amide bonds. The highest BCUT2D eigenvalue weighted by atomic mass is 35.5. The topological polar surface area (TPSA) is 51.0 Å². The van der Waals surface area contributed by atoms with Gasteiger partial charge in [-0.15, -0.1) is 16.7 Å². The molecule has 0 saturated heterocycles. The summed E-state index contributed by atoms with van der Waals surface area (Å²) in [6.07, 6.45) is 2.38. The first kappa shape index (κ1) is 7.86. The lowest BCUT2D eigenvalue weighted by Gasteiger charge is -1.95. The zero-order valence-corrected chi connectivity index (χ0v) is 7.51. The molecule has 0 radical (unpaired) electrons. The van der Waals surface area contributed by atoms with Crippen molar-refractivity contribution in [1.29, 1.82) is 0 Å². The molecule has 1 aromatic heterocycles. The Balaban J connectivity index is 2.02. The van der Waals surface area contributed by atoms with Gasteiger partial charge in [0.25, 0.3) is 0 Å². The van der Waals surface area contributed by atoms with E-state index in [9.17, 15) is 0 Å². The molecule has 0 aliphatic heterocycles. The van der Waals surface area contributed by atoms with Crippen LogP contribution in [0.15, 0.2) is 4.42 Å². The SMILES string of the molecule is CC(Cl)c1nnc(NC2CC2)o1. The molecule has 0 spiro atoms. The van der Waals surface area contributed by atoms with Gasteiger partial charge in [0.15, 0.2) is 0 Å². The maximum absolute atomic E-state index is 5.74. The van der Waals surface area contributed by atoms with Crippen molar-refractivity contribution in [3.8, 4) is 0 Å². The van der Waals surface area contributed by atoms with Crippen LogP contribution >= 0.6 is 11.6 Å². The number of halogens is 1. The Hall–Kier alpha value is -0.770. The summed E-state index contributed by atoms with van der Waals surface area (Å²) in [4.78, 5) is 0. The highest BCUT2D eigenvalue weighted by Crippen LogP contribution is 2.25. The van der Waals surface area contributed by atoms with Gasteiger partial charge in [-0.3, -0.25) is 0 Å². The van der Waals surface area contributed by atoms with Crippen LogP contribution in [0.25, 0.3) is 0 Å². The van der Waals surface area contributed by atoms with E-state index >= 15 is 0 Å². The molecular weight excluding hydrogens is 178 g/mol. The van der Waals surface area contributed by atoms with Gasteiger partial charge in [0.1, 0.15) is 5.38 Å². The molecule has 0 aromatic carbocycles. The second-order valence-corrected chi connectivity index (χ2v) is 3.63. The standard InChI is InChI=1S/C7H10ClN3O/c1-4(8)6-10-11-7(12-6)9-5-2-3-5/h4-5H,2-3H2,1H3,(H,9,11). The van der Waals surface area contributed by atoms with Crippen molar-refractivity contribution >= 4 is 17.6 Å². The Morgan fingerprint density at radius 3 is 2.83 bits per heavy atom. The van der Waals surface area contributed by atoms with Gasteiger partial charge >= 0.3 is 6.01 Å². The molecule has 1 saturated carbocycles. The molecule has 1 N–H and O–H groups in total. The smallest absolute Gasteiger partial charge is 0.315 e. The number of hydrogen-bond acceptors (Lipinski definition) is 4. The summed E-state index contributed by atoms with van der Waals surface area (Å²) in [7, 11) is 0. The van der Waals surface area contributed by atoms with E-state index < -0.39 is 0 Å². The molecule has 1 heterocycles. The van der Waals surface area contributed by atoms with Gasteiger partial charge in [-0.2, -0.15) is 0 Å². The summed E-state index contributed by atoms with van der Waals surface area (Å²) >= 11 is 5.74. The average Bonchev–Trinajstić information content (AvgIpc) is 2.66. The third-order valence-corrected chi connectivity index (χ3v) is 1.87. The van der Waals surface area contributed by atoms with Crippen LogP contribution in [0.1, 0.15) is 31.0 Å². The molecule has 0 bridgehead atoms. The van der Waals surface area contributed by atoms with Gasteiger partial charge < -0.3 is 9.73 Å². The summed E-state index contributed by atoms with van der Waals surface area (Å²) in [5, 5.41) is 10.5. The molecule has 1 atom stereocenters. The van der Waals surface area contributed by atoms with Gasteiger partial charge in [-0.05, 0) is 19.8 Å². The van der Waals surface area contributed by atoms with Crippen LogP contribution in [0.4, 0.5) is 6.01 Å². The Morgan fingerprint density at radius 2 is 2.33 bits per heavy atom. The number of rotatable bonds is 3. The van der Waals surface area contributed by atoms with Crippen molar-refractivity contribution in [2.24, 2.45) is 0 Å². The second-order valence-electron chi connectivity index (χ2n) is 2.98. The van der Waals surface area contributed by atoms with E-state index in [-0.39, 0.29) is 5.38 Å². The third kappa shape index (κ3) is 1.69. The molecular formula is C7H10ClN3O. The normalized spacial score (nSPS) is 19.2. The summed E-state index contributed by atoms with van der Waals surface area (Å²) in [6.45, 7) is 1.80. The van der Waals surface area contributed by atoms with Crippen molar-refractivity contribution in [3.05, 3.63) is 5.89 Å². The summed E-state index contributed by atoms with van der Waals surface area (Å²) in [5.74, 6) is 0.472. The monoisotopic (exact) mass is 187 g/mol. The first-order chi connectivity index (χ1) is 5.75. The van der Waals surface area contributed by atoms with Gasteiger partial charge in [0.05, 0.1) is 0 Å². The summed E-state index contributed by atoms with van der Waals surface area (Å²) < 4.78 is 5.23. The molecule has 66 valence electrons. The van der Waals surface area contributed by atoms with E-state index in [0.29, 0.717) is 17.9 Å². The lowest BCUT2D eigenvalue weighted by molar-refractivity contribution is 0.505. The average molecular weight is 188 g/mol. The van der Waals surface area contributed by atoms with Crippen LogP contribution < -0.4 is 5.32 Å². The predicted octanol–water partition coefficient (Wildman–Crippen LogP) is 1.94. The van der Waals surface area contributed by atoms with Crippen molar-refractivity contribution in [3.63, 3.8) is 0 Å². The highest BCUT2D eigenvalue weighted by Gasteiger charge is 2.23. The molecule has 1 fully saturated rings. The molecule has 1 aliphatic rings. The van der Waals surface area contributed by atoms with Crippen molar-refractivity contribution < 1.29 is 4.42 Å². The fourth-order valence-electron chi connectivity index (χ4n) is 0.856. The first-order valence-electron chi connectivity index (χ1n) is 3.99. The van der Waals surface area contributed by atoms with E-state index in [0.717, 1.165) is 0 Å². The number of aromatic nitrogens is 2. The van der Waals surface area contributed by atoms with Crippen LogP contribution in [0.5, 0.6) is 0 Å². The van der Waals surface area contributed by atoms with E-state index in [1.165, 1.54) is 12.8 Å². The van der Waals surface area contributed by atoms with Gasteiger partial charge in [-0.25, -0.2) is 0 Å². The van der Waals surface area contributed by atoms with Crippen molar-refractivity contribution in [2.75, 3.05) is 5.32 Å². The fraction of sp³-hybridized carbons (Fsp3) is 0.714. The Kier molecular flexibility index (Phi) is 1.92. The van der Waals surface area contributed by atoms with E-state index in [4.69, 9.17) is 16.0 Å². The highest BCUT2D eigenvalue weighted by molar-refractivity contribution is 6.20. The number of alkyl halides is 1. The fourth-order valence-corrected chi connectivity index (χ4v) is 0.944. The minimum Gasteiger partial charge on any atom is -0.406 e. The predicted molar refractivity (Wildman–Crippen MR) is 45.2 cm³/mol. The molecule has 1 aliphatic carbocycles. The Bertz CT molecular complexity index is 269. The molecule has 5 heteroatoms. The first-order valence-corrected chi connectivity index (χ1v) is 4.43. The zero-order valence-electron chi connectivity index (χ0n) is 6.75. The number of nitrogens with zero attached hydrogens (tertiary/aromatic N) is 2. The zero-order chi connectivity index (χ0) is 8.55. The van der Waals surface area contributed by atoms with Crippen molar-refractivity contribution in [1.82, 2.24) is 10.2 Å². The number of nitrogens with one attached hydrogen (secondary N) is 1. The minimum absolute atomic E-state index is 0.216. The van der Waals surface area contributed by atoms with Crippen LogP contribution in [0.3, 0.4) is 0 Å². The maximum Gasteiger partial charge on any atom is 0.315 e. The van der Waals surface area contributed by atoms with Crippen LogP contribution in [0.2, 0.25) is 0 Å². The lowest BCUT2D eigenvalue weighted by atomic mass is 10.5. The number of anilines is 1. The van der Waals surface area contributed by atoms with Gasteiger partial charge in [0.2, 0.25) is 5.89 Å². The molecule has 1 unspecified atom stereocenters. The number of hydrogen-bond donors (Lipinski definition) is 1. The molecule has 2 rings (SSSR count). The molecule has 12 heavy (non-hydrogen) atoms. The van der Waals surface area contributed by atoms with Crippen molar-refractivity contribution in [2.45, 2.75) is 31.2 Å². The van der Waals surface area contributed by atoms with Gasteiger partial charge in [0, 0.05) is 6.04 Å². The largest absolute Gasteiger partial charge is 0.406 e. The third-order valence-electron chi connectivity index (χ3n) is 1.69. The van der Waals surface area contributed by atoms with Gasteiger partial charge in [-0.1, -0.05) is 5.10 Å². The van der Waals surface area contributed by atoms with E-state index in [1.807, 2.05) is 0 Å². The quantitative estimate of drug-likeness (QED) is 0.735. The van der Waals surface area contributed by atoms with E-state index in [2.05, 4.69) is 15.5 Å². The van der Waals surface area contributed by atoms with Crippen LogP contribution in [-0.4, -0.2) is 16.2 Å². The second kappa shape index (κ2) is 2.94. The molecule has 4 nitrogen and oxygen atoms in total. The minimum atomic E-state index is -0.216.